The molecule has 1 N–H and O–H groups in total. The third kappa shape index (κ3) is 3.07. The Bertz CT molecular complexity index is 470. The van der Waals surface area contributed by atoms with Gasteiger partial charge in [-0.3, -0.25) is 4.79 Å². The van der Waals surface area contributed by atoms with Gasteiger partial charge in [0.05, 0.1) is 6.07 Å². The maximum absolute atomic E-state index is 11.8. The van der Waals surface area contributed by atoms with Crippen LogP contribution in [0.15, 0.2) is 18.2 Å². The lowest BCUT2D eigenvalue weighted by Gasteiger charge is -2.15. The molecule has 0 unspecified atom stereocenters. The van der Waals surface area contributed by atoms with Crippen LogP contribution in [0.5, 0.6) is 0 Å². The van der Waals surface area contributed by atoms with Gasteiger partial charge in [-0.15, -0.1) is 0 Å². The Balaban J connectivity index is 2.88. The molecule has 3 nitrogen and oxygen atoms in total. The highest BCUT2D eigenvalue weighted by Gasteiger charge is 2.27. The van der Waals surface area contributed by atoms with E-state index in [0.717, 1.165) is 17.7 Å². The van der Waals surface area contributed by atoms with Gasteiger partial charge in [-0.05, 0) is 50.5 Å². The monoisotopic (exact) mass is 230 g/mol. The van der Waals surface area contributed by atoms with E-state index in [2.05, 4.69) is 12.2 Å². The van der Waals surface area contributed by atoms with E-state index in [9.17, 15) is 4.79 Å². The molecule has 1 aromatic rings. The van der Waals surface area contributed by atoms with Crippen LogP contribution in [0, 0.1) is 23.7 Å². The molecule has 0 heterocycles. The molecule has 0 spiro atoms. The van der Waals surface area contributed by atoms with Crippen LogP contribution in [0.1, 0.15) is 31.9 Å². The normalized spacial score (nSPS) is 10.8. The van der Waals surface area contributed by atoms with Gasteiger partial charge in [-0.2, -0.15) is 5.26 Å². The minimum absolute atomic E-state index is 0.274. The van der Waals surface area contributed by atoms with Crippen LogP contribution in [-0.4, -0.2) is 5.91 Å². The molecule has 0 aliphatic carbocycles. The fourth-order valence-corrected chi connectivity index (χ4v) is 1.51. The second-order valence-corrected chi connectivity index (χ2v) is 4.69. The molecule has 0 bridgehead atoms. The number of nitriles is 1. The maximum atomic E-state index is 11.8. The minimum atomic E-state index is -1.00. The SMILES string of the molecule is CCc1ccc(NC(=O)C(C)(C)C#N)cc1C. The zero-order chi connectivity index (χ0) is 13.1. The first-order valence-electron chi connectivity index (χ1n) is 5.73. The number of rotatable bonds is 3. The first kappa shape index (κ1) is 13.2. The summed E-state index contributed by atoms with van der Waals surface area (Å²) < 4.78 is 0. The van der Waals surface area contributed by atoms with Crippen molar-refractivity contribution in [3.63, 3.8) is 0 Å². The lowest BCUT2D eigenvalue weighted by Crippen LogP contribution is -2.29. The minimum Gasteiger partial charge on any atom is -0.325 e. The standard InChI is InChI=1S/C14H18N2O/c1-5-11-6-7-12(8-10(11)2)16-13(17)14(3,4)9-15/h6-8H,5H2,1-4H3,(H,16,17). The third-order valence-corrected chi connectivity index (χ3v) is 2.83. The second kappa shape index (κ2) is 5.01. The molecule has 0 aliphatic heterocycles. The molecule has 0 saturated heterocycles. The van der Waals surface area contributed by atoms with E-state index in [0.29, 0.717) is 0 Å². The van der Waals surface area contributed by atoms with Gasteiger partial charge in [0.1, 0.15) is 5.41 Å². The quantitative estimate of drug-likeness (QED) is 0.867. The number of nitrogens with one attached hydrogen (secondary N) is 1. The highest BCUT2D eigenvalue weighted by Crippen LogP contribution is 2.20. The van der Waals surface area contributed by atoms with Crippen molar-refractivity contribution in [3.05, 3.63) is 29.3 Å². The summed E-state index contributed by atoms with van der Waals surface area (Å²) in [5, 5.41) is 11.6. The summed E-state index contributed by atoms with van der Waals surface area (Å²) in [7, 11) is 0. The summed E-state index contributed by atoms with van der Waals surface area (Å²) in [5.74, 6) is -0.274. The number of benzene rings is 1. The molecular weight excluding hydrogens is 212 g/mol. The van der Waals surface area contributed by atoms with Gasteiger partial charge in [-0.1, -0.05) is 13.0 Å². The molecule has 1 rings (SSSR count). The zero-order valence-corrected chi connectivity index (χ0v) is 10.8. The Morgan fingerprint density at radius 1 is 1.47 bits per heavy atom. The summed E-state index contributed by atoms with van der Waals surface area (Å²) in [6, 6.07) is 7.80. The Morgan fingerprint density at radius 3 is 2.59 bits per heavy atom. The van der Waals surface area contributed by atoms with E-state index in [1.165, 1.54) is 5.56 Å². The summed E-state index contributed by atoms with van der Waals surface area (Å²) in [4.78, 5) is 11.8. The number of hydrogen-bond donors (Lipinski definition) is 1. The maximum Gasteiger partial charge on any atom is 0.244 e. The van der Waals surface area contributed by atoms with Gasteiger partial charge < -0.3 is 5.32 Å². The van der Waals surface area contributed by atoms with Crippen LogP contribution in [0.3, 0.4) is 0 Å². The first-order chi connectivity index (χ1) is 7.90. The molecule has 90 valence electrons. The lowest BCUT2D eigenvalue weighted by atomic mass is 9.94. The van der Waals surface area contributed by atoms with Gasteiger partial charge in [0.15, 0.2) is 0 Å². The van der Waals surface area contributed by atoms with Crippen LogP contribution in [0.25, 0.3) is 0 Å². The topological polar surface area (TPSA) is 52.9 Å². The van der Waals surface area contributed by atoms with Gasteiger partial charge >= 0.3 is 0 Å². The van der Waals surface area contributed by atoms with Gasteiger partial charge in [0.25, 0.3) is 0 Å². The Morgan fingerprint density at radius 2 is 2.12 bits per heavy atom. The smallest absolute Gasteiger partial charge is 0.244 e. The van der Waals surface area contributed by atoms with Crippen LogP contribution in [-0.2, 0) is 11.2 Å². The first-order valence-corrected chi connectivity index (χ1v) is 5.73. The van der Waals surface area contributed by atoms with Crippen LogP contribution < -0.4 is 5.32 Å². The molecule has 0 radical (unpaired) electrons. The van der Waals surface area contributed by atoms with Crippen LogP contribution in [0.2, 0.25) is 0 Å². The van der Waals surface area contributed by atoms with E-state index in [-0.39, 0.29) is 5.91 Å². The molecule has 0 aromatic heterocycles. The fourth-order valence-electron chi connectivity index (χ4n) is 1.51. The van der Waals surface area contributed by atoms with Gasteiger partial charge in [0.2, 0.25) is 5.91 Å². The van der Waals surface area contributed by atoms with Crippen molar-refractivity contribution in [2.75, 3.05) is 5.32 Å². The zero-order valence-electron chi connectivity index (χ0n) is 10.8. The Labute approximate surface area is 102 Å². The van der Waals surface area contributed by atoms with Crippen molar-refractivity contribution in [1.29, 1.82) is 5.26 Å². The number of carbonyl (C=O) groups excluding carboxylic acids is 1. The third-order valence-electron chi connectivity index (χ3n) is 2.83. The van der Waals surface area contributed by atoms with Crippen molar-refractivity contribution in [2.45, 2.75) is 34.1 Å². The number of nitrogens with zero attached hydrogens (tertiary/aromatic N) is 1. The number of aryl methyl sites for hydroxylation is 2. The van der Waals surface area contributed by atoms with Crippen LogP contribution >= 0.6 is 0 Å². The predicted molar refractivity (Wildman–Crippen MR) is 68.6 cm³/mol. The van der Waals surface area contributed by atoms with Crippen molar-refractivity contribution in [1.82, 2.24) is 0 Å². The fraction of sp³-hybridized carbons (Fsp3) is 0.429. The highest BCUT2D eigenvalue weighted by molar-refractivity contribution is 5.96. The average molecular weight is 230 g/mol. The number of amides is 1. The molecular formula is C14H18N2O. The van der Waals surface area contributed by atoms with E-state index >= 15 is 0 Å². The van der Waals surface area contributed by atoms with Crippen LogP contribution in [0.4, 0.5) is 5.69 Å². The van der Waals surface area contributed by atoms with E-state index < -0.39 is 5.41 Å². The average Bonchev–Trinajstić information content (AvgIpc) is 2.29. The molecule has 0 fully saturated rings. The number of hydrogen-bond acceptors (Lipinski definition) is 2. The van der Waals surface area contributed by atoms with Gasteiger partial charge in [-0.25, -0.2) is 0 Å². The summed E-state index contributed by atoms with van der Waals surface area (Å²) in [6.45, 7) is 7.33. The second-order valence-electron chi connectivity index (χ2n) is 4.69. The molecule has 17 heavy (non-hydrogen) atoms. The molecule has 0 saturated carbocycles. The molecule has 0 aliphatic rings. The summed E-state index contributed by atoms with van der Waals surface area (Å²) >= 11 is 0. The van der Waals surface area contributed by atoms with Gasteiger partial charge in [0, 0.05) is 5.69 Å². The number of carbonyl (C=O) groups is 1. The summed E-state index contributed by atoms with van der Waals surface area (Å²) in [6.07, 6.45) is 0.976. The van der Waals surface area contributed by atoms with Crippen molar-refractivity contribution < 1.29 is 4.79 Å². The highest BCUT2D eigenvalue weighted by atomic mass is 16.2. The Hall–Kier alpha value is -1.82. The lowest BCUT2D eigenvalue weighted by molar-refractivity contribution is -0.121. The number of anilines is 1. The molecule has 3 heteroatoms. The molecule has 1 amide bonds. The Kier molecular flexibility index (Phi) is 3.90. The van der Waals surface area contributed by atoms with E-state index in [4.69, 9.17) is 5.26 Å². The van der Waals surface area contributed by atoms with Crippen molar-refractivity contribution in [3.8, 4) is 6.07 Å². The van der Waals surface area contributed by atoms with Crippen molar-refractivity contribution in [2.24, 2.45) is 5.41 Å². The van der Waals surface area contributed by atoms with Crippen molar-refractivity contribution >= 4 is 11.6 Å². The largest absolute Gasteiger partial charge is 0.325 e. The summed E-state index contributed by atoms with van der Waals surface area (Å²) in [5.41, 5.74) is 2.16. The molecule has 1 aromatic carbocycles. The molecule has 0 atom stereocenters. The van der Waals surface area contributed by atoms with E-state index in [1.807, 2.05) is 31.2 Å². The van der Waals surface area contributed by atoms with E-state index in [1.54, 1.807) is 13.8 Å². The predicted octanol–water partition coefficient (Wildman–Crippen LogP) is 3.05.